The van der Waals surface area contributed by atoms with E-state index >= 15 is 0 Å². The number of hydrogen-bond donors (Lipinski definition) is 2. The van der Waals surface area contributed by atoms with Gasteiger partial charge in [0, 0.05) is 18.9 Å². The van der Waals surface area contributed by atoms with Crippen molar-refractivity contribution in [1.29, 1.82) is 0 Å². The SMILES string of the molecule is C=CC[C@@H](OC(=O)c1c(O)cc(O)cc1CC(=O)/C=C/CC)c1ccccc1. The number of carbonyl (C=O) groups excluding carboxylic acids is 2. The zero-order valence-corrected chi connectivity index (χ0v) is 15.8. The average molecular weight is 380 g/mol. The lowest BCUT2D eigenvalue weighted by Gasteiger charge is -2.18. The maximum absolute atomic E-state index is 12.8. The van der Waals surface area contributed by atoms with Crippen molar-refractivity contribution < 1.29 is 24.5 Å². The fourth-order valence-electron chi connectivity index (χ4n) is 2.80. The predicted octanol–water partition coefficient (Wildman–Crippen LogP) is 4.65. The van der Waals surface area contributed by atoms with Gasteiger partial charge in [0.05, 0.1) is 0 Å². The van der Waals surface area contributed by atoms with E-state index < -0.39 is 17.8 Å². The van der Waals surface area contributed by atoms with Gasteiger partial charge < -0.3 is 14.9 Å². The van der Waals surface area contributed by atoms with Crippen LogP contribution in [0.4, 0.5) is 0 Å². The Bertz CT molecular complexity index is 868. The fraction of sp³-hybridized carbons (Fsp3) is 0.217. The molecule has 2 N–H and O–H groups in total. The smallest absolute Gasteiger partial charge is 0.342 e. The van der Waals surface area contributed by atoms with Gasteiger partial charge in [0.15, 0.2) is 5.78 Å². The summed E-state index contributed by atoms with van der Waals surface area (Å²) in [5.41, 5.74) is 0.872. The number of carbonyl (C=O) groups is 2. The molecule has 0 saturated heterocycles. The van der Waals surface area contributed by atoms with Gasteiger partial charge in [-0.05, 0) is 29.7 Å². The number of ether oxygens (including phenoxy) is 1. The number of phenolic OH excluding ortho intramolecular Hbond substituents is 2. The number of esters is 1. The Morgan fingerprint density at radius 3 is 2.54 bits per heavy atom. The summed E-state index contributed by atoms with van der Waals surface area (Å²) in [5, 5.41) is 20.0. The molecule has 2 aromatic rings. The van der Waals surface area contributed by atoms with E-state index in [9.17, 15) is 19.8 Å². The van der Waals surface area contributed by atoms with Crippen LogP contribution >= 0.6 is 0 Å². The third-order valence-corrected chi connectivity index (χ3v) is 4.09. The number of ketones is 1. The summed E-state index contributed by atoms with van der Waals surface area (Å²) >= 11 is 0. The number of aromatic hydroxyl groups is 2. The second kappa shape index (κ2) is 10.1. The van der Waals surface area contributed by atoms with Crippen LogP contribution in [-0.2, 0) is 16.0 Å². The van der Waals surface area contributed by atoms with Crippen molar-refractivity contribution in [3.8, 4) is 11.5 Å². The zero-order chi connectivity index (χ0) is 20.5. The predicted molar refractivity (Wildman–Crippen MR) is 107 cm³/mol. The number of phenols is 2. The van der Waals surface area contributed by atoms with Crippen molar-refractivity contribution in [1.82, 2.24) is 0 Å². The van der Waals surface area contributed by atoms with Crippen LogP contribution < -0.4 is 0 Å². The minimum absolute atomic E-state index is 0.124. The van der Waals surface area contributed by atoms with Crippen LogP contribution in [0.2, 0.25) is 0 Å². The highest BCUT2D eigenvalue weighted by Gasteiger charge is 2.24. The molecule has 0 saturated carbocycles. The standard InChI is InChI=1S/C23H24O5/c1-3-5-12-18(24)13-17-14-19(25)15-20(26)22(17)23(27)28-21(9-4-2)16-10-7-6-8-11-16/h4-8,10-12,14-15,21,25-26H,2-3,9,13H2,1H3/b12-5+/t21-/m1/s1. The zero-order valence-electron chi connectivity index (χ0n) is 15.8. The quantitative estimate of drug-likeness (QED) is 0.376. The Hall–Kier alpha value is -3.34. The molecule has 0 fully saturated rings. The molecule has 0 spiro atoms. The first kappa shape index (κ1) is 21.0. The van der Waals surface area contributed by atoms with Crippen LogP contribution in [0.15, 0.2) is 67.3 Å². The highest BCUT2D eigenvalue weighted by atomic mass is 16.5. The summed E-state index contributed by atoms with van der Waals surface area (Å²) < 4.78 is 5.61. The summed E-state index contributed by atoms with van der Waals surface area (Å²) in [7, 11) is 0. The normalized spacial score (nSPS) is 11.9. The first-order chi connectivity index (χ1) is 13.5. The number of hydrogen-bond acceptors (Lipinski definition) is 5. The van der Waals surface area contributed by atoms with E-state index in [1.54, 1.807) is 12.2 Å². The molecule has 0 radical (unpaired) electrons. The molecule has 0 amide bonds. The molecule has 0 aromatic heterocycles. The lowest BCUT2D eigenvalue weighted by atomic mass is 10.00. The van der Waals surface area contributed by atoms with Crippen molar-refractivity contribution in [2.75, 3.05) is 0 Å². The minimum atomic E-state index is -0.768. The van der Waals surface area contributed by atoms with Crippen LogP contribution in [0.1, 0.15) is 47.4 Å². The van der Waals surface area contributed by atoms with Crippen molar-refractivity contribution in [3.63, 3.8) is 0 Å². The van der Waals surface area contributed by atoms with Crippen LogP contribution in [-0.4, -0.2) is 22.0 Å². The summed E-state index contributed by atoms with van der Waals surface area (Å²) in [4.78, 5) is 24.9. The monoisotopic (exact) mass is 380 g/mol. The molecule has 5 nitrogen and oxygen atoms in total. The third kappa shape index (κ3) is 5.58. The van der Waals surface area contributed by atoms with Gasteiger partial charge in [-0.1, -0.05) is 49.4 Å². The highest BCUT2D eigenvalue weighted by Crippen LogP contribution is 2.31. The largest absolute Gasteiger partial charge is 0.508 e. The molecule has 2 rings (SSSR count). The fourth-order valence-corrected chi connectivity index (χ4v) is 2.80. The molecule has 2 aromatic carbocycles. The van der Waals surface area contributed by atoms with E-state index in [2.05, 4.69) is 6.58 Å². The van der Waals surface area contributed by atoms with Crippen LogP contribution in [0.25, 0.3) is 0 Å². The van der Waals surface area contributed by atoms with E-state index in [0.29, 0.717) is 12.8 Å². The van der Waals surface area contributed by atoms with E-state index in [-0.39, 0.29) is 29.1 Å². The molecule has 0 aliphatic rings. The second-order valence-electron chi connectivity index (χ2n) is 6.28. The molecule has 0 bridgehead atoms. The number of allylic oxidation sites excluding steroid dienone is 2. The first-order valence-electron chi connectivity index (χ1n) is 9.07. The molecule has 0 aliphatic heterocycles. The number of rotatable bonds is 9. The van der Waals surface area contributed by atoms with Crippen molar-refractivity contribution in [2.24, 2.45) is 0 Å². The molecule has 0 unspecified atom stereocenters. The molecule has 0 heterocycles. The Balaban J connectivity index is 2.34. The van der Waals surface area contributed by atoms with Crippen molar-refractivity contribution in [3.05, 3.63) is 84.0 Å². The molecule has 5 heteroatoms. The summed E-state index contributed by atoms with van der Waals surface area (Å²) in [6, 6.07) is 11.5. The first-order valence-corrected chi connectivity index (χ1v) is 9.07. The lowest BCUT2D eigenvalue weighted by molar-refractivity contribution is -0.114. The van der Waals surface area contributed by atoms with E-state index in [0.717, 1.165) is 11.6 Å². The maximum atomic E-state index is 12.8. The topological polar surface area (TPSA) is 83.8 Å². The van der Waals surface area contributed by atoms with Gasteiger partial charge in [0.25, 0.3) is 0 Å². The molecule has 1 atom stereocenters. The Labute approximate surface area is 164 Å². The maximum Gasteiger partial charge on any atom is 0.342 e. The molecule has 28 heavy (non-hydrogen) atoms. The summed E-state index contributed by atoms with van der Waals surface area (Å²) in [6.07, 6.45) is 5.14. The van der Waals surface area contributed by atoms with Crippen molar-refractivity contribution >= 4 is 11.8 Å². The van der Waals surface area contributed by atoms with E-state index in [1.165, 1.54) is 12.1 Å². The van der Waals surface area contributed by atoms with Gasteiger partial charge in [-0.2, -0.15) is 0 Å². The van der Waals surface area contributed by atoms with Gasteiger partial charge in [0.1, 0.15) is 23.2 Å². The molecule has 0 aliphatic carbocycles. The highest BCUT2D eigenvalue weighted by molar-refractivity contribution is 5.98. The van der Waals surface area contributed by atoms with Crippen LogP contribution in [0.5, 0.6) is 11.5 Å². The van der Waals surface area contributed by atoms with Gasteiger partial charge >= 0.3 is 5.97 Å². The second-order valence-corrected chi connectivity index (χ2v) is 6.28. The van der Waals surface area contributed by atoms with Crippen LogP contribution in [0.3, 0.4) is 0 Å². The lowest BCUT2D eigenvalue weighted by Crippen LogP contribution is -2.15. The summed E-state index contributed by atoms with van der Waals surface area (Å²) in [5.74, 6) is -1.68. The molecule has 146 valence electrons. The third-order valence-electron chi connectivity index (χ3n) is 4.09. The molecular formula is C23H24O5. The van der Waals surface area contributed by atoms with E-state index in [1.807, 2.05) is 37.3 Å². The summed E-state index contributed by atoms with van der Waals surface area (Å²) in [6.45, 7) is 5.59. The average Bonchev–Trinajstić information content (AvgIpc) is 2.66. The Kier molecular flexibility index (Phi) is 7.57. The number of benzene rings is 2. The Morgan fingerprint density at radius 2 is 1.89 bits per heavy atom. The molecular weight excluding hydrogens is 356 g/mol. The van der Waals surface area contributed by atoms with E-state index in [4.69, 9.17) is 4.74 Å². The van der Waals surface area contributed by atoms with Gasteiger partial charge in [-0.15, -0.1) is 6.58 Å². The minimum Gasteiger partial charge on any atom is -0.508 e. The van der Waals surface area contributed by atoms with Crippen LogP contribution in [0, 0.1) is 0 Å². The van der Waals surface area contributed by atoms with Gasteiger partial charge in [0.2, 0.25) is 0 Å². The van der Waals surface area contributed by atoms with Gasteiger partial charge in [-0.25, -0.2) is 4.79 Å². The Morgan fingerprint density at radius 1 is 1.18 bits per heavy atom. The van der Waals surface area contributed by atoms with Gasteiger partial charge in [-0.3, -0.25) is 4.79 Å². The van der Waals surface area contributed by atoms with Crippen molar-refractivity contribution in [2.45, 2.75) is 32.3 Å².